The lowest BCUT2D eigenvalue weighted by molar-refractivity contribution is 0.102. The van der Waals surface area contributed by atoms with Gasteiger partial charge in [0.05, 0.1) is 36.6 Å². The molecular formula is C23H16ClN3O3S. The maximum absolute atomic E-state index is 13.2. The molecule has 0 aliphatic heterocycles. The van der Waals surface area contributed by atoms with Gasteiger partial charge in [-0.1, -0.05) is 11.6 Å². The van der Waals surface area contributed by atoms with Crippen LogP contribution < -0.4 is 14.8 Å². The number of nitriles is 1. The predicted molar refractivity (Wildman–Crippen MR) is 122 cm³/mol. The summed E-state index contributed by atoms with van der Waals surface area (Å²) in [4.78, 5) is 17.9. The summed E-state index contributed by atoms with van der Waals surface area (Å²) in [5, 5.41) is 15.4. The Hall–Kier alpha value is -3.60. The van der Waals surface area contributed by atoms with Crippen molar-refractivity contribution in [2.24, 2.45) is 0 Å². The molecule has 1 amide bonds. The number of amides is 1. The number of nitrogens with zero attached hydrogens (tertiary/aromatic N) is 2. The summed E-state index contributed by atoms with van der Waals surface area (Å²) in [5.74, 6) is 0.801. The number of hydrogen-bond donors (Lipinski definition) is 1. The Morgan fingerprint density at radius 1 is 1.10 bits per heavy atom. The Morgan fingerprint density at radius 2 is 1.90 bits per heavy atom. The van der Waals surface area contributed by atoms with Crippen molar-refractivity contribution in [3.8, 4) is 28.8 Å². The van der Waals surface area contributed by atoms with E-state index in [4.69, 9.17) is 26.1 Å². The van der Waals surface area contributed by atoms with Crippen molar-refractivity contribution in [2.45, 2.75) is 0 Å². The number of rotatable bonds is 5. The standard InChI is InChI=1S/C23H16ClN3O3S/c1-29-20-6-3-13(9-21(20)30-2)19-11-17(16-10-15(24)4-5-18(16)26-19)22(28)27-23-14(12-25)7-8-31-23/h3-11H,1-2H3,(H,27,28). The van der Waals surface area contributed by atoms with E-state index in [2.05, 4.69) is 11.4 Å². The molecule has 8 heteroatoms. The Balaban J connectivity index is 1.85. The minimum Gasteiger partial charge on any atom is -0.493 e. The van der Waals surface area contributed by atoms with Crippen molar-refractivity contribution in [3.05, 3.63) is 70.1 Å². The van der Waals surface area contributed by atoms with Crippen LogP contribution in [-0.2, 0) is 0 Å². The lowest BCUT2D eigenvalue weighted by atomic mass is 10.0. The van der Waals surface area contributed by atoms with E-state index in [9.17, 15) is 10.1 Å². The smallest absolute Gasteiger partial charge is 0.257 e. The van der Waals surface area contributed by atoms with Gasteiger partial charge in [-0.3, -0.25) is 4.79 Å². The summed E-state index contributed by atoms with van der Waals surface area (Å²) in [5.41, 5.74) is 2.78. The first kappa shape index (κ1) is 20.7. The van der Waals surface area contributed by atoms with E-state index >= 15 is 0 Å². The van der Waals surface area contributed by atoms with Crippen LogP contribution in [0, 0.1) is 11.3 Å². The maximum Gasteiger partial charge on any atom is 0.257 e. The molecule has 0 aliphatic rings. The first-order valence-electron chi connectivity index (χ1n) is 9.15. The monoisotopic (exact) mass is 449 g/mol. The number of carbonyl (C=O) groups is 1. The lowest BCUT2D eigenvalue weighted by Gasteiger charge is -2.12. The molecule has 0 saturated carbocycles. The normalized spacial score (nSPS) is 10.5. The van der Waals surface area contributed by atoms with Gasteiger partial charge in [-0.05, 0) is 53.9 Å². The van der Waals surface area contributed by atoms with Gasteiger partial charge in [0.1, 0.15) is 11.1 Å². The van der Waals surface area contributed by atoms with Crippen LogP contribution in [0.25, 0.3) is 22.2 Å². The number of benzene rings is 2. The lowest BCUT2D eigenvalue weighted by Crippen LogP contribution is -2.13. The van der Waals surface area contributed by atoms with Crippen molar-refractivity contribution in [1.29, 1.82) is 5.26 Å². The van der Waals surface area contributed by atoms with Crippen LogP contribution in [0.2, 0.25) is 5.02 Å². The number of carbonyl (C=O) groups excluding carboxylic acids is 1. The zero-order valence-corrected chi connectivity index (χ0v) is 18.2. The average molecular weight is 450 g/mol. The van der Waals surface area contributed by atoms with Crippen molar-refractivity contribution in [2.75, 3.05) is 19.5 Å². The third-order valence-electron chi connectivity index (χ3n) is 4.71. The molecule has 4 aromatic rings. The minimum absolute atomic E-state index is 0.352. The highest BCUT2D eigenvalue weighted by molar-refractivity contribution is 7.14. The molecule has 0 fully saturated rings. The Bertz CT molecular complexity index is 1340. The van der Waals surface area contributed by atoms with E-state index in [1.807, 2.05) is 6.07 Å². The summed E-state index contributed by atoms with van der Waals surface area (Å²) in [6.07, 6.45) is 0. The number of nitrogens with one attached hydrogen (secondary N) is 1. The van der Waals surface area contributed by atoms with Crippen LogP contribution >= 0.6 is 22.9 Å². The zero-order chi connectivity index (χ0) is 22.0. The maximum atomic E-state index is 13.2. The Kier molecular flexibility index (Phi) is 5.76. The molecule has 0 spiro atoms. The molecule has 2 heterocycles. The first-order chi connectivity index (χ1) is 15.0. The summed E-state index contributed by atoms with van der Waals surface area (Å²) < 4.78 is 10.7. The van der Waals surface area contributed by atoms with Crippen molar-refractivity contribution < 1.29 is 14.3 Å². The van der Waals surface area contributed by atoms with Gasteiger partial charge in [0.25, 0.3) is 5.91 Å². The van der Waals surface area contributed by atoms with Crippen molar-refractivity contribution >= 4 is 44.7 Å². The van der Waals surface area contributed by atoms with Gasteiger partial charge in [0, 0.05) is 16.0 Å². The molecule has 0 bridgehead atoms. The first-order valence-corrected chi connectivity index (χ1v) is 10.4. The van der Waals surface area contributed by atoms with E-state index in [1.54, 1.807) is 62.1 Å². The fourth-order valence-corrected chi connectivity index (χ4v) is 4.10. The van der Waals surface area contributed by atoms with Crippen LogP contribution in [0.3, 0.4) is 0 Å². The summed E-state index contributed by atoms with van der Waals surface area (Å²) >= 11 is 7.47. The van der Waals surface area contributed by atoms with E-state index in [1.165, 1.54) is 11.3 Å². The fourth-order valence-electron chi connectivity index (χ4n) is 3.19. The fraction of sp³-hybridized carbons (Fsp3) is 0.0870. The number of aromatic nitrogens is 1. The molecular weight excluding hydrogens is 434 g/mol. The highest BCUT2D eigenvalue weighted by Crippen LogP contribution is 2.34. The number of anilines is 1. The molecule has 2 aromatic heterocycles. The van der Waals surface area contributed by atoms with Gasteiger partial charge in [-0.15, -0.1) is 11.3 Å². The number of thiophene rings is 1. The number of fused-ring (bicyclic) bond motifs is 1. The Morgan fingerprint density at radius 3 is 2.65 bits per heavy atom. The van der Waals surface area contributed by atoms with Gasteiger partial charge in [0.2, 0.25) is 0 Å². The van der Waals surface area contributed by atoms with Gasteiger partial charge >= 0.3 is 0 Å². The van der Waals surface area contributed by atoms with Crippen molar-refractivity contribution in [1.82, 2.24) is 4.98 Å². The number of ether oxygens (including phenoxy) is 2. The van der Waals surface area contributed by atoms with Gasteiger partial charge < -0.3 is 14.8 Å². The summed E-state index contributed by atoms with van der Waals surface area (Å²) in [6.45, 7) is 0. The molecule has 6 nitrogen and oxygen atoms in total. The van der Waals surface area contributed by atoms with Gasteiger partial charge in [-0.25, -0.2) is 4.98 Å². The molecule has 31 heavy (non-hydrogen) atoms. The number of halogens is 1. The number of methoxy groups -OCH3 is 2. The van der Waals surface area contributed by atoms with Crippen molar-refractivity contribution in [3.63, 3.8) is 0 Å². The second-order valence-electron chi connectivity index (χ2n) is 6.52. The molecule has 1 N–H and O–H groups in total. The topological polar surface area (TPSA) is 84.2 Å². The second kappa shape index (κ2) is 8.64. The minimum atomic E-state index is -0.352. The number of hydrogen-bond acceptors (Lipinski definition) is 6. The van der Waals surface area contributed by atoms with E-state index < -0.39 is 0 Å². The second-order valence-corrected chi connectivity index (χ2v) is 7.87. The predicted octanol–water partition coefficient (Wildman–Crippen LogP) is 5.76. The SMILES string of the molecule is COc1ccc(-c2cc(C(=O)Nc3sccc3C#N)c3cc(Cl)ccc3n2)cc1OC. The van der Waals surface area contributed by atoms with Crippen LogP contribution in [0.4, 0.5) is 5.00 Å². The molecule has 0 radical (unpaired) electrons. The summed E-state index contributed by atoms with van der Waals surface area (Å²) in [6, 6.07) is 16.1. The Labute approximate surface area is 187 Å². The molecule has 0 saturated heterocycles. The van der Waals surface area contributed by atoms with Crippen LogP contribution in [0.15, 0.2) is 53.9 Å². The number of pyridine rings is 1. The zero-order valence-electron chi connectivity index (χ0n) is 16.6. The average Bonchev–Trinajstić information content (AvgIpc) is 3.24. The van der Waals surface area contributed by atoms with E-state index in [0.29, 0.717) is 49.2 Å². The molecule has 154 valence electrons. The molecule has 0 aliphatic carbocycles. The molecule has 2 aromatic carbocycles. The van der Waals surface area contributed by atoms with E-state index in [0.717, 1.165) is 5.56 Å². The molecule has 0 unspecified atom stereocenters. The highest BCUT2D eigenvalue weighted by atomic mass is 35.5. The van der Waals surface area contributed by atoms with Gasteiger partial charge in [-0.2, -0.15) is 5.26 Å². The largest absolute Gasteiger partial charge is 0.493 e. The van der Waals surface area contributed by atoms with Crippen LogP contribution in [0.1, 0.15) is 15.9 Å². The quantitative estimate of drug-likeness (QED) is 0.419. The molecule has 4 rings (SSSR count). The third kappa shape index (κ3) is 4.04. The third-order valence-corrected chi connectivity index (χ3v) is 5.77. The van der Waals surface area contributed by atoms with E-state index in [-0.39, 0.29) is 5.91 Å². The van der Waals surface area contributed by atoms with Gasteiger partial charge in [0.15, 0.2) is 11.5 Å². The van der Waals surface area contributed by atoms with Crippen LogP contribution in [0.5, 0.6) is 11.5 Å². The highest BCUT2D eigenvalue weighted by Gasteiger charge is 2.17. The summed E-state index contributed by atoms with van der Waals surface area (Å²) in [7, 11) is 3.13. The van der Waals surface area contributed by atoms with Crippen LogP contribution in [-0.4, -0.2) is 25.1 Å². The molecule has 0 atom stereocenters.